The second-order valence-electron chi connectivity index (χ2n) is 3.86. The minimum absolute atomic E-state index is 0.201. The summed E-state index contributed by atoms with van der Waals surface area (Å²) in [6.45, 7) is 2.54. The van der Waals surface area contributed by atoms with Gasteiger partial charge >= 0.3 is 0 Å². The maximum Gasteiger partial charge on any atom is 0.240 e. The van der Waals surface area contributed by atoms with Crippen molar-refractivity contribution < 1.29 is 13.2 Å². The van der Waals surface area contributed by atoms with Gasteiger partial charge in [-0.05, 0) is 31.0 Å². The van der Waals surface area contributed by atoms with Gasteiger partial charge in [0.1, 0.15) is 0 Å². The van der Waals surface area contributed by atoms with E-state index in [2.05, 4.69) is 20.7 Å². The zero-order valence-corrected chi connectivity index (χ0v) is 12.8. The molecule has 0 spiro atoms. The Balaban J connectivity index is 2.91. The first-order chi connectivity index (χ1) is 8.38. The number of anilines is 1. The molecule has 0 fully saturated rings. The van der Waals surface area contributed by atoms with Gasteiger partial charge in [0.2, 0.25) is 10.0 Å². The number of nitrogen functional groups attached to an aromatic ring is 1. The minimum Gasteiger partial charge on any atom is -0.398 e. The van der Waals surface area contributed by atoms with Gasteiger partial charge in [0.25, 0.3) is 0 Å². The van der Waals surface area contributed by atoms with Crippen molar-refractivity contribution in [2.75, 3.05) is 26.0 Å². The Morgan fingerprint density at radius 2 is 2.11 bits per heavy atom. The van der Waals surface area contributed by atoms with E-state index in [1.807, 2.05) is 0 Å². The molecule has 1 aromatic rings. The molecule has 102 valence electrons. The molecule has 0 aliphatic carbocycles. The Kier molecular flexibility index (Phi) is 5.58. The second-order valence-corrected chi connectivity index (χ2v) is 6.51. The van der Waals surface area contributed by atoms with E-state index in [4.69, 9.17) is 10.5 Å². The zero-order valence-electron chi connectivity index (χ0n) is 10.4. The number of nitrogens with two attached hydrogens (primary N) is 1. The van der Waals surface area contributed by atoms with Crippen molar-refractivity contribution in [2.45, 2.75) is 18.2 Å². The van der Waals surface area contributed by atoms with Crippen LogP contribution in [0.25, 0.3) is 0 Å². The van der Waals surface area contributed by atoms with E-state index in [0.29, 0.717) is 35.3 Å². The van der Waals surface area contributed by atoms with Gasteiger partial charge in [-0.25, -0.2) is 13.1 Å². The van der Waals surface area contributed by atoms with Gasteiger partial charge in [0, 0.05) is 30.4 Å². The summed E-state index contributed by atoms with van der Waals surface area (Å²) in [6.07, 6.45) is 0.623. The van der Waals surface area contributed by atoms with Gasteiger partial charge in [0.15, 0.2) is 0 Å². The number of benzene rings is 1. The smallest absolute Gasteiger partial charge is 0.240 e. The molecule has 0 unspecified atom stereocenters. The third kappa shape index (κ3) is 3.94. The van der Waals surface area contributed by atoms with E-state index in [1.165, 1.54) is 0 Å². The van der Waals surface area contributed by atoms with Crippen molar-refractivity contribution in [1.29, 1.82) is 0 Å². The molecule has 0 aliphatic heterocycles. The third-order valence-electron chi connectivity index (χ3n) is 2.47. The van der Waals surface area contributed by atoms with E-state index in [-0.39, 0.29) is 4.90 Å². The summed E-state index contributed by atoms with van der Waals surface area (Å²) >= 11 is 3.24. The average molecular weight is 337 g/mol. The van der Waals surface area contributed by atoms with Gasteiger partial charge in [-0.15, -0.1) is 0 Å². The molecule has 7 heteroatoms. The predicted molar refractivity (Wildman–Crippen MR) is 75.0 cm³/mol. The molecule has 0 atom stereocenters. The highest BCUT2D eigenvalue weighted by Gasteiger charge is 2.18. The van der Waals surface area contributed by atoms with E-state index >= 15 is 0 Å². The molecule has 0 radical (unpaired) electrons. The van der Waals surface area contributed by atoms with Crippen LogP contribution in [0.5, 0.6) is 0 Å². The minimum atomic E-state index is -3.53. The van der Waals surface area contributed by atoms with Gasteiger partial charge in [-0.3, -0.25) is 0 Å². The highest BCUT2D eigenvalue weighted by Crippen LogP contribution is 2.26. The Morgan fingerprint density at radius 3 is 2.72 bits per heavy atom. The normalized spacial score (nSPS) is 11.7. The monoisotopic (exact) mass is 336 g/mol. The molecule has 0 aliphatic rings. The summed E-state index contributed by atoms with van der Waals surface area (Å²) in [4.78, 5) is 0.201. The summed E-state index contributed by atoms with van der Waals surface area (Å²) < 4.78 is 32.2. The van der Waals surface area contributed by atoms with Gasteiger partial charge < -0.3 is 10.5 Å². The van der Waals surface area contributed by atoms with E-state index in [9.17, 15) is 8.42 Å². The van der Waals surface area contributed by atoms with Gasteiger partial charge in [-0.1, -0.05) is 15.9 Å². The topological polar surface area (TPSA) is 81.4 Å². The van der Waals surface area contributed by atoms with Crippen molar-refractivity contribution in [1.82, 2.24) is 4.72 Å². The molecular formula is C11H17BrN2O3S. The van der Waals surface area contributed by atoms with Crippen LogP contribution in [0, 0.1) is 6.92 Å². The zero-order chi connectivity index (χ0) is 13.8. The van der Waals surface area contributed by atoms with Crippen molar-refractivity contribution in [3.05, 3.63) is 22.2 Å². The molecule has 0 bridgehead atoms. The highest BCUT2D eigenvalue weighted by molar-refractivity contribution is 9.10. The lowest BCUT2D eigenvalue weighted by atomic mass is 10.2. The van der Waals surface area contributed by atoms with E-state index < -0.39 is 10.0 Å². The average Bonchev–Trinajstić information content (AvgIpc) is 2.29. The molecule has 18 heavy (non-hydrogen) atoms. The van der Waals surface area contributed by atoms with Crippen LogP contribution in [0.1, 0.15) is 12.0 Å². The van der Waals surface area contributed by atoms with Crippen LogP contribution in [0.15, 0.2) is 21.5 Å². The van der Waals surface area contributed by atoms with Crippen LogP contribution in [-0.4, -0.2) is 28.7 Å². The lowest BCUT2D eigenvalue weighted by Crippen LogP contribution is -2.26. The van der Waals surface area contributed by atoms with E-state index in [1.54, 1.807) is 26.2 Å². The van der Waals surface area contributed by atoms with Crippen molar-refractivity contribution in [3.8, 4) is 0 Å². The number of sulfonamides is 1. The first-order valence-electron chi connectivity index (χ1n) is 5.42. The quantitative estimate of drug-likeness (QED) is 0.611. The Bertz CT molecular complexity index is 517. The highest BCUT2D eigenvalue weighted by atomic mass is 79.9. The van der Waals surface area contributed by atoms with Crippen LogP contribution in [-0.2, 0) is 14.8 Å². The van der Waals surface area contributed by atoms with Crippen molar-refractivity contribution in [3.63, 3.8) is 0 Å². The predicted octanol–water partition coefficient (Wildman–Crippen LogP) is 1.65. The van der Waals surface area contributed by atoms with Crippen LogP contribution in [0.4, 0.5) is 5.69 Å². The number of hydrogen-bond acceptors (Lipinski definition) is 4. The molecule has 0 amide bonds. The Hall–Kier alpha value is -0.630. The Labute approximate surface area is 116 Å². The molecule has 0 saturated heterocycles. The molecule has 1 rings (SSSR count). The molecule has 0 heterocycles. The first-order valence-corrected chi connectivity index (χ1v) is 7.70. The fourth-order valence-electron chi connectivity index (χ4n) is 1.45. The fourth-order valence-corrected chi connectivity index (χ4v) is 3.45. The van der Waals surface area contributed by atoms with Crippen LogP contribution >= 0.6 is 15.9 Å². The summed E-state index contributed by atoms with van der Waals surface area (Å²) in [5, 5.41) is 0. The van der Waals surface area contributed by atoms with Crippen LogP contribution in [0.3, 0.4) is 0 Å². The largest absolute Gasteiger partial charge is 0.398 e. The summed E-state index contributed by atoms with van der Waals surface area (Å²) in [6, 6.07) is 3.23. The molecule has 1 aromatic carbocycles. The maximum absolute atomic E-state index is 12.1. The molecular weight excluding hydrogens is 320 g/mol. The number of hydrogen-bond donors (Lipinski definition) is 2. The maximum atomic E-state index is 12.1. The van der Waals surface area contributed by atoms with Gasteiger partial charge in [-0.2, -0.15) is 0 Å². The lowest BCUT2D eigenvalue weighted by molar-refractivity contribution is 0.196. The second kappa shape index (κ2) is 6.51. The number of halogens is 1. The number of methoxy groups -OCH3 is 1. The Morgan fingerprint density at radius 1 is 1.44 bits per heavy atom. The SMILES string of the molecule is COCCCNS(=O)(=O)c1cc(Br)cc(N)c1C. The van der Waals surface area contributed by atoms with Gasteiger partial charge in [0.05, 0.1) is 4.90 Å². The fraction of sp³-hybridized carbons (Fsp3) is 0.455. The van der Waals surface area contributed by atoms with Crippen molar-refractivity contribution in [2.24, 2.45) is 0 Å². The summed E-state index contributed by atoms with van der Waals surface area (Å²) in [5.41, 5.74) is 6.75. The third-order valence-corrected chi connectivity index (χ3v) is 4.52. The van der Waals surface area contributed by atoms with Crippen LogP contribution in [0.2, 0.25) is 0 Å². The molecule has 5 nitrogen and oxygen atoms in total. The summed E-state index contributed by atoms with van der Waals surface area (Å²) in [5.74, 6) is 0. The van der Waals surface area contributed by atoms with Crippen molar-refractivity contribution >= 4 is 31.6 Å². The van der Waals surface area contributed by atoms with E-state index in [0.717, 1.165) is 0 Å². The standard InChI is InChI=1S/C11H17BrN2O3S/c1-8-10(13)6-9(12)7-11(8)18(15,16)14-4-3-5-17-2/h6-7,14H,3-5,13H2,1-2H3. The number of nitrogens with one attached hydrogen (secondary N) is 1. The molecule has 0 aromatic heterocycles. The summed E-state index contributed by atoms with van der Waals surface area (Å²) in [7, 11) is -1.95. The molecule has 3 N–H and O–H groups in total. The van der Waals surface area contributed by atoms with Crippen LogP contribution < -0.4 is 10.5 Å². The number of rotatable bonds is 6. The number of ether oxygens (including phenoxy) is 1. The first kappa shape index (κ1) is 15.4. The lowest BCUT2D eigenvalue weighted by Gasteiger charge is -2.11. The molecule has 0 saturated carbocycles.